The highest BCUT2D eigenvalue weighted by atomic mass is 16.5. The van der Waals surface area contributed by atoms with Crippen molar-refractivity contribution in [2.45, 2.75) is 13.1 Å². The maximum absolute atomic E-state index is 5.25. The first-order valence-electron chi connectivity index (χ1n) is 8.98. The molecule has 0 fully saturated rings. The number of rotatable bonds is 7. The molecule has 0 atom stereocenters. The van der Waals surface area contributed by atoms with Crippen LogP contribution in [0.5, 0.6) is 11.5 Å². The fourth-order valence-corrected chi connectivity index (χ4v) is 2.70. The van der Waals surface area contributed by atoms with E-state index in [4.69, 9.17) is 9.47 Å². The SMILES string of the molecule is CN=C(NCc1cccc(OC)c1)NCc1ccn(-c2ccc(OC)cc2)n1. The number of guanidine groups is 1. The summed E-state index contributed by atoms with van der Waals surface area (Å²) in [6.45, 7) is 1.22. The van der Waals surface area contributed by atoms with Crippen LogP contribution in [0.25, 0.3) is 5.69 Å². The number of aliphatic imine (C=N–C) groups is 1. The molecule has 146 valence electrons. The molecule has 0 aliphatic carbocycles. The average molecular weight is 379 g/mol. The second kappa shape index (κ2) is 9.45. The van der Waals surface area contributed by atoms with Crippen molar-refractivity contribution >= 4 is 5.96 Å². The number of nitrogens with zero attached hydrogens (tertiary/aromatic N) is 3. The Balaban J connectivity index is 1.54. The second-order valence-corrected chi connectivity index (χ2v) is 6.08. The zero-order valence-corrected chi connectivity index (χ0v) is 16.3. The average Bonchev–Trinajstić information content (AvgIpc) is 3.23. The summed E-state index contributed by atoms with van der Waals surface area (Å²) in [4.78, 5) is 4.26. The first kappa shape index (κ1) is 19.3. The van der Waals surface area contributed by atoms with E-state index in [1.165, 1.54) is 0 Å². The minimum absolute atomic E-state index is 0.570. The monoisotopic (exact) mass is 379 g/mol. The smallest absolute Gasteiger partial charge is 0.191 e. The van der Waals surface area contributed by atoms with E-state index in [1.807, 2.05) is 65.5 Å². The lowest BCUT2D eigenvalue weighted by molar-refractivity contribution is 0.414. The van der Waals surface area contributed by atoms with Crippen molar-refractivity contribution in [3.63, 3.8) is 0 Å². The third-order valence-electron chi connectivity index (χ3n) is 4.24. The van der Waals surface area contributed by atoms with E-state index in [1.54, 1.807) is 21.3 Å². The Hall–Kier alpha value is -3.48. The van der Waals surface area contributed by atoms with Crippen LogP contribution in [0, 0.1) is 0 Å². The van der Waals surface area contributed by atoms with Gasteiger partial charge in [-0.25, -0.2) is 4.68 Å². The Morgan fingerprint density at radius 1 is 0.964 bits per heavy atom. The van der Waals surface area contributed by atoms with Gasteiger partial charge >= 0.3 is 0 Å². The maximum atomic E-state index is 5.25. The number of aromatic nitrogens is 2. The predicted molar refractivity (Wildman–Crippen MR) is 110 cm³/mol. The molecule has 3 aromatic rings. The van der Waals surface area contributed by atoms with Crippen molar-refractivity contribution in [1.82, 2.24) is 20.4 Å². The standard InChI is InChI=1S/C21H25N5O2/c1-22-21(23-14-16-5-4-6-20(13-16)28-3)24-15-17-11-12-26(25-17)18-7-9-19(27-2)10-8-18/h4-13H,14-15H2,1-3H3,(H2,22,23,24). The molecule has 0 spiro atoms. The lowest BCUT2D eigenvalue weighted by Gasteiger charge is -2.11. The third kappa shape index (κ3) is 5.03. The van der Waals surface area contributed by atoms with E-state index >= 15 is 0 Å². The molecule has 2 N–H and O–H groups in total. The molecule has 3 rings (SSSR count). The molecule has 0 aliphatic heterocycles. The molecule has 1 aromatic heterocycles. The van der Waals surface area contributed by atoms with Crippen LogP contribution in [0.15, 0.2) is 65.8 Å². The summed E-state index contributed by atoms with van der Waals surface area (Å²) in [6, 6.07) is 17.7. The van der Waals surface area contributed by atoms with Crippen LogP contribution in [0.2, 0.25) is 0 Å². The van der Waals surface area contributed by atoms with Crippen molar-refractivity contribution in [2.75, 3.05) is 21.3 Å². The van der Waals surface area contributed by atoms with E-state index in [0.717, 1.165) is 28.4 Å². The van der Waals surface area contributed by atoms with Gasteiger partial charge in [0.05, 0.1) is 32.1 Å². The van der Waals surface area contributed by atoms with Crippen molar-refractivity contribution in [1.29, 1.82) is 0 Å². The van der Waals surface area contributed by atoms with Crippen LogP contribution in [-0.4, -0.2) is 37.0 Å². The number of methoxy groups -OCH3 is 2. The zero-order chi connectivity index (χ0) is 19.8. The molecule has 0 bridgehead atoms. The van der Waals surface area contributed by atoms with E-state index in [-0.39, 0.29) is 0 Å². The lowest BCUT2D eigenvalue weighted by atomic mass is 10.2. The highest BCUT2D eigenvalue weighted by molar-refractivity contribution is 5.79. The first-order chi connectivity index (χ1) is 13.7. The van der Waals surface area contributed by atoms with Gasteiger partial charge in [0.15, 0.2) is 5.96 Å². The van der Waals surface area contributed by atoms with Gasteiger partial charge in [0, 0.05) is 19.8 Å². The molecule has 0 unspecified atom stereocenters. The minimum Gasteiger partial charge on any atom is -0.497 e. The molecule has 0 saturated carbocycles. The highest BCUT2D eigenvalue weighted by Crippen LogP contribution is 2.14. The molecule has 2 aromatic carbocycles. The van der Waals surface area contributed by atoms with Crippen LogP contribution >= 0.6 is 0 Å². The Morgan fingerprint density at radius 2 is 1.71 bits per heavy atom. The summed E-state index contributed by atoms with van der Waals surface area (Å²) < 4.78 is 12.3. The summed E-state index contributed by atoms with van der Waals surface area (Å²) in [5, 5.41) is 11.2. The van der Waals surface area contributed by atoms with Gasteiger partial charge in [-0.3, -0.25) is 4.99 Å². The third-order valence-corrected chi connectivity index (χ3v) is 4.24. The maximum Gasteiger partial charge on any atom is 0.191 e. The van der Waals surface area contributed by atoms with Gasteiger partial charge in [-0.2, -0.15) is 5.10 Å². The number of nitrogens with one attached hydrogen (secondary N) is 2. The van der Waals surface area contributed by atoms with Gasteiger partial charge in [-0.05, 0) is 48.0 Å². The van der Waals surface area contributed by atoms with Crippen LogP contribution in [0.4, 0.5) is 0 Å². The van der Waals surface area contributed by atoms with E-state index in [0.29, 0.717) is 19.0 Å². The molecular weight excluding hydrogens is 354 g/mol. The van der Waals surface area contributed by atoms with Gasteiger partial charge in [0.25, 0.3) is 0 Å². The molecule has 1 heterocycles. The van der Waals surface area contributed by atoms with Gasteiger partial charge in [-0.1, -0.05) is 12.1 Å². The Bertz CT molecular complexity index is 919. The quantitative estimate of drug-likeness (QED) is 0.488. The molecule has 28 heavy (non-hydrogen) atoms. The summed E-state index contributed by atoms with van der Waals surface area (Å²) in [5.41, 5.74) is 3.01. The largest absolute Gasteiger partial charge is 0.497 e. The number of ether oxygens (including phenoxy) is 2. The molecule has 0 radical (unpaired) electrons. The topological polar surface area (TPSA) is 72.7 Å². The zero-order valence-electron chi connectivity index (χ0n) is 16.3. The van der Waals surface area contributed by atoms with Gasteiger partial charge in [0.2, 0.25) is 0 Å². The Kier molecular flexibility index (Phi) is 6.51. The van der Waals surface area contributed by atoms with E-state index < -0.39 is 0 Å². The fourth-order valence-electron chi connectivity index (χ4n) is 2.70. The lowest BCUT2D eigenvalue weighted by Crippen LogP contribution is -2.36. The highest BCUT2D eigenvalue weighted by Gasteiger charge is 2.04. The first-order valence-corrected chi connectivity index (χ1v) is 8.98. The molecule has 0 saturated heterocycles. The van der Waals surface area contributed by atoms with Crippen molar-refractivity contribution < 1.29 is 9.47 Å². The van der Waals surface area contributed by atoms with Gasteiger partial charge in [0.1, 0.15) is 11.5 Å². The molecule has 7 heteroatoms. The van der Waals surface area contributed by atoms with Crippen LogP contribution in [0.1, 0.15) is 11.3 Å². The summed E-state index contributed by atoms with van der Waals surface area (Å²) >= 11 is 0. The minimum atomic E-state index is 0.570. The van der Waals surface area contributed by atoms with Crippen LogP contribution in [0.3, 0.4) is 0 Å². The summed E-state index contributed by atoms with van der Waals surface area (Å²) in [6.07, 6.45) is 1.94. The van der Waals surface area contributed by atoms with Crippen molar-refractivity contribution in [3.8, 4) is 17.2 Å². The normalized spacial score (nSPS) is 11.2. The van der Waals surface area contributed by atoms with Crippen molar-refractivity contribution in [3.05, 3.63) is 72.1 Å². The van der Waals surface area contributed by atoms with Gasteiger partial charge < -0.3 is 20.1 Å². The second-order valence-electron chi connectivity index (χ2n) is 6.08. The Morgan fingerprint density at radius 3 is 2.43 bits per heavy atom. The summed E-state index contributed by atoms with van der Waals surface area (Å²) in [7, 11) is 5.07. The van der Waals surface area contributed by atoms with E-state index in [2.05, 4.69) is 20.7 Å². The summed E-state index contributed by atoms with van der Waals surface area (Å²) in [5.74, 6) is 2.37. The van der Waals surface area contributed by atoms with Crippen molar-refractivity contribution in [2.24, 2.45) is 4.99 Å². The van der Waals surface area contributed by atoms with Crippen LogP contribution < -0.4 is 20.1 Å². The number of benzene rings is 2. The molecule has 0 amide bonds. The fraction of sp³-hybridized carbons (Fsp3) is 0.238. The van der Waals surface area contributed by atoms with Gasteiger partial charge in [-0.15, -0.1) is 0 Å². The van der Waals surface area contributed by atoms with E-state index in [9.17, 15) is 0 Å². The number of hydrogen-bond acceptors (Lipinski definition) is 4. The molecule has 7 nitrogen and oxygen atoms in total. The number of hydrogen-bond donors (Lipinski definition) is 2. The molecule has 0 aliphatic rings. The predicted octanol–water partition coefficient (Wildman–Crippen LogP) is 2.75. The molecular formula is C21H25N5O2. The van der Waals surface area contributed by atoms with Crippen LogP contribution in [-0.2, 0) is 13.1 Å². The Labute approximate surface area is 165 Å².